The Labute approximate surface area is 156 Å². The highest BCUT2D eigenvalue weighted by Gasteiger charge is 2.16. The number of rotatable bonds is 6. The molecule has 130 valence electrons. The lowest BCUT2D eigenvalue weighted by molar-refractivity contribution is -0.385. The third kappa shape index (κ3) is 5.54. The molecule has 0 aliphatic heterocycles. The van der Waals surface area contributed by atoms with Gasteiger partial charge in [-0.3, -0.25) is 14.9 Å². The van der Waals surface area contributed by atoms with Gasteiger partial charge in [0.1, 0.15) is 0 Å². The zero-order valence-corrected chi connectivity index (χ0v) is 15.4. The molecule has 0 saturated heterocycles. The molecular weight excluding hydrogens is 414 g/mol. The third-order valence-electron chi connectivity index (χ3n) is 3.07. The fourth-order valence-corrected chi connectivity index (χ4v) is 2.42. The maximum Gasteiger partial charge on any atom is 0.312 e. The van der Waals surface area contributed by atoms with Crippen molar-refractivity contribution in [3.63, 3.8) is 0 Å². The van der Waals surface area contributed by atoms with Gasteiger partial charge < -0.3 is 4.74 Å². The average Bonchev–Trinajstić information content (AvgIpc) is 2.58. The van der Waals surface area contributed by atoms with E-state index in [-0.39, 0.29) is 16.5 Å². The van der Waals surface area contributed by atoms with Crippen molar-refractivity contribution in [1.29, 1.82) is 0 Å². The number of carbonyl (C=O) groups is 1. The van der Waals surface area contributed by atoms with E-state index in [0.717, 1.165) is 16.1 Å². The average molecular weight is 427 g/mol. The highest BCUT2D eigenvalue weighted by molar-refractivity contribution is 9.10. The molecule has 9 heteroatoms. The highest BCUT2D eigenvalue weighted by atomic mass is 79.9. The molecule has 25 heavy (non-hydrogen) atoms. The second kappa shape index (κ2) is 8.59. The summed E-state index contributed by atoms with van der Waals surface area (Å²) in [5.74, 6) is -0.587. The van der Waals surface area contributed by atoms with Crippen molar-refractivity contribution < 1.29 is 14.5 Å². The molecule has 0 fully saturated rings. The Hall–Kier alpha value is -2.45. The van der Waals surface area contributed by atoms with Gasteiger partial charge in [0.25, 0.3) is 5.91 Å². The molecule has 0 radical (unpaired) electrons. The molecule has 0 bridgehead atoms. The molecule has 0 aromatic heterocycles. The number of nitrogens with zero attached hydrogens (tertiary/aromatic N) is 2. The molecule has 0 aliphatic carbocycles. The van der Waals surface area contributed by atoms with Gasteiger partial charge in [0.15, 0.2) is 12.4 Å². The molecule has 0 saturated carbocycles. The molecule has 0 spiro atoms. The normalized spacial score (nSPS) is 11.1. The Balaban J connectivity index is 1.97. The first-order valence-electron chi connectivity index (χ1n) is 7.02. The van der Waals surface area contributed by atoms with Crippen LogP contribution >= 0.6 is 27.5 Å². The zero-order chi connectivity index (χ0) is 18.4. The summed E-state index contributed by atoms with van der Waals surface area (Å²) < 4.78 is 6.08. The number of hydrogen-bond donors (Lipinski definition) is 1. The number of nitro groups is 1. The first kappa shape index (κ1) is 18.9. The lowest BCUT2D eigenvalue weighted by Gasteiger charge is -2.07. The van der Waals surface area contributed by atoms with Gasteiger partial charge in [0.2, 0.25) is 0 Å². The van der Waals surface area contributed by atoms with Crippen LogP contribution in [0.15, 0.2) is 52.0 Å². The lowest BCUT2D eigenvalue weighted by atomic mass is 10.1. The van der Waals surface area contributed by atoms with E-state index in [9.17, 15) is 14.9 Å². The Morgan fingerprint density at radius 1 is 1.36 bits per heavy atom. The highest BCUT2D eigenvalue weighted by Crippen LogP contribution is 2.29. The molecule has 0 heterocycles. The number of nitro benzene ring substituents is 1. The van der Waals surface area contributed by atoms with Crippen LogP contribution in [0.25, 0.3) is 0 Å². The zero-order valence-electron chi connectivity index (χ0n) is 13.0. The minimum atomic E-state index is -0.630. The number of ether oxygens (including phenoxy) is 1. The monoisotopic (exact) mass is 425 g/mol. The van der Waals surface area contributed by atoms with E-state index >= 15 is 0 Å². The second-order valence-corrected chi connectivity index (χ2v) is 6.25. The van der Waals surface area contributed by atoms with E-state index in [1.54, 1.807) is 6.92 Å². The quantitative estimate of drug-likeness (QED) is 0.430. The van der Waals surface area contributed by atoms with Crippen molar-refractivity contribution >= 4 is 44.8 Å². The number of hydrazone groups is 1. The van der Waals surface area contributed by atoms with Crippen molar-refractivity contribution in [3.8, 4) is 5.75 Å². The van der Waals surface area contributed by atoms with Gasteiger partial charge in [0, 0.05) is 15.6 Å². The fourth-order valence-electron chi connectivity index (χ4n) is 1.86. The molecule has 2 aromatic carbocycles. The fraction of sp³-hybridized carbons (Fsp3) is 0.125. The summed E-state index contributed by atoms with van der Waals surface area (Å²) in [4.78, 5) is 22.1. The van der Waals surface area contributed by atoms with Gasteiger partial charge in [-0.2, -0.15) is 5.10 Å². The van der Waals surface area contributed by atoms with Crippen molar-refractivity contribution in [1.82, 2.24) is 5.43 Å². The van der Waals surface area contributed by atoms with Crippen LogP contribution in [0.5, 0.6) is 5.75 Å². The van der Waals surface area contributed by atoms with Crippen LogP contribution in [0.4, 0.5) is 5.69 Å². The number of carbonyl (C=O) groups excluding carboxylic acids is 1. The van der Waals surface area contributed by atoms with E-state index < -0.39 is 17.4 Å². The Bertz CT molecular complexity index is 842. The minimum Gasteiger partial charge on any atom is -0.477 e. The van der Waals surface area contributed by atoms with Crippen molar-refractivity contribution in [2.75, 3.05) is 6.61 Å². The van der Waals surface area contributed by atoms with Gasteiger partial charge in [0.05, 0.1) is 10.6 Å². The van der Waals surface area contributed by atoms with Crippen LogP contribution in [0.1, 0.15) is 12.5 Å². The van der Waals surface area contributed by atoms with Crippen LogP contribution in [-0.4, -0.2) is 23.1 Å². The molecule has 1 amide bonds. The summed E-state index contributed by atoms with van der Waals surface area (Å²) in [5.41, 5.74) is 3.47. The maximum absolute atomic E-state index is 11.8. The minimum absolute atomic E-state index is 0.0442. The van der Waals surface area contributed by atoms with Crippen molar-refractivity contribution in [2.45, 2.75) is 6.92 Å². The van der Waals surface area contributed by atoms with Gasteiger partial charge in [-0.15, -0.1) is 0 Å². The number of halogens is 2. The third-order valence-corrected chi connectivity index (χ3v) is 3.80. The van der Waals surface area contributed by atoms with Gasteiger partial charge in [-0.05, 0) is 36.8 Å². The van der Waals surface area contributed by atoms with Crippen LogP contribution < -0.4 is 10.2 Å². The van der Waals surface area contributed by atoms with Gasteiger partial charge in [-0.25, -0.2) is 5.43 Å². The van der Waals surface area contributed by atoms with Crippen LogP contribution in [-0.2, 0) is 4.79 Å². The van der Waals surface area contributed by atoms with Crippen LogP contribution in [0.2, 0.25) is 5.02 Å². The van der Waals surface area contributed by atoms with Crippen LogP contribution in [0.3, 0.4) is 0 Å². The lowest BCUT2D eigenvalue weighted by Crippen LogP contribution is -2.25. The standard InChI is InChI=1S/C16H13BrClN3O4/c1-10(11-3-2-4-12(17)7-11)19-20-16(22)9-25-15-6-5-13(18)8-14(15)21(23)24/h2-8H,9H2,1H3,(H,20,22)/b19-10+. The topological polar surface area (TPSA) is 93.8 Å². The van der Waals surface area contributed by atoms with E-state index in [0.29, 0.717) is 5.71 Å². The number of benzene rings is 2. The molecule has 2 aromatic rings. The molecule has 0 atom stereocenters. The summed E-state index contributed by atoms with van der Waals surface area (Å²) in [6, 6.07) is 11.4. The largest absolute Gasteiger partial charge is 0.477 e. The summed E-state index contributed by atoms with van der Waals surface area (Å²) in [6.45, 7) is 1.32. The smallest absolute Gasteiger partial charge is 0.312 e. The number of nitrogens with one attached hydrogen (secondary N) is 1. The maximum atomic E-state index is 11.8. The molecule has 2 rings (SSSR count). The molecule has 0 unspecified atom stereocenters. The van der Waals surface area contributed by atoms with Gasteiger partial charge in [-0.1, -0.05) is 39.7 Å². The molecule has 7 nitrogen and oxygen atoms in total. The van der Waals surface area contributed by atoms with E-state index in [1.165, 1.54) is 12.1 Å². The SMILES string of the molecule is C/C(=N\NC(=O)COc1ccc(Cl)cc1[N+](=O)[O-])c1cccc(Br)c1. The first-order valence-corrected chi connectivity index (χ1v) is 8.19. The molecule has 1 N–H and O–H groups in total. The summed E-state index contributed by atoms with van der Waals surface area (Å²) in [7, 11) is 0. The van der Waals surface area contributed by atoms with E-state index in [2.05, 4.69) is 26.5 Å². The van der Waals surface area contributed by atoms with Crippen LogP contribution in [0, 0.1) is 10.1 Å². The predicted molar refractivity (Wildman–Crippen MR) is 98.1 cm³/mol. The summed E-state index contributed by atoms with van der Waals surface area (Å²) in [5, 5.41) is 15.1. The predicted octanol–water partition coefficient (Wildman–Crippen LogP) is 3.93. The first-order chi connectivity index (χ1) is 11.9. The molecule has 0 aliphatic rings. The number of hydrogen-bond acceptors (Lipinski definition) is 5. The number of amides is 1. The second-order valence-electron chi connectivity index (χ2n) is 4.90. The van der Waals surface area contributed by atoms with Gasteiger partial charge >= 0.3 is 5.69 Å². The van der Waals surface area contributed by atoms with Crippen molar-refractivity contribution in [3.05, 3.63) is 67.6 Å². The Morgan fingerprint density at radius 3 is 2.80 bits per heavy atom. The Kier molecular flexibility index (Phi) is 6.49. The molecular formula is C16H13BrClN3O4. The Morgan fingerprint density at radius 2 is 2.12 bits per heavy atom. The van der Waals surface area contributed by atoms with E-state index in [4.69, 9.17) is 16.3 Å². The summed E-state index contributed by atoms with van der Waals surface area (Å²) in [6.07, 6.45) is 0. The van der Waals surface area contributed by atoms with E-state index in [1.807, 2.05) is 24.3 Å². The van der Waals surface area contributed by atoms with Crippen molar-refractivity contribution in [2.24, 2.45) is 5.10 Å². The summed E-state index contributed by atoms with van der Waals surface area (Å²) >= 11 is 9.08.